The van der Waals surface area contributed by atoms with Gasteiger partial charge in [-0.15, -0.1) is 0 Å². The molecule has 3 rings (SSSR count). The van der Waals surface area contributed by atoms with Crippen LogP contribution in [0.5, 0.6) is 0 Å². The van der Waals surface area contributed by atoms with E-state index in [4.69, 9.17) is 0 Å². The van der Waals surface area contributed by atoms with Crippen molar-refractivity contribution in [3.05, 3.63) is 48.0 Å². The van der Waals surface area contributed by atoms with Gasteiger partial charge in [-0.3, -0.25) is 9.89 Å². The maximum absolute atomic E-state index is 12.2. The average Bonchev–Trinajstić information content (AvgIpc) is 3.07. The first-order valence-electron chi connectivity index (χ1n) is 6.72. The molecule has 0 saturated carbocycles. The number of aromatic nitrogens is 4. The number of nitrogens with one attached hydrogen (secondary N) is 2. The number of para-hydroxylation sites is 2. The fourth-order valence-electron chi connectivity index (χ4n) is 2.49. The fraction of sp³-hybridized carbons (Fsp3) is 0.267. The van der Waals surface area contributed by atoms with Gasteiger partial charge in [0.25, 0.3) is 5.91 Å². The minimum Gasteiger partial charge on any atom is -0.340 e. The van der Waals surface area contributed by atoms with E-state index in [1.165, 1.54) is 6.20 Å². The summed E-state index contributed by atoms with van der Waals surface area (Å²) in [6.45, 7) is 3.87. The number of nitrogens with zero attached hydrogens (tertiary/aromatic N) is 3. The molecule has 0 aliphatic carbocycles. The van der Waals surface area contributed by atoms with Gasteiger partial charge in [-0.25, -0.2) is 4.98 Å². The third-order valence-corrected chi connectivity index (χ3v) is 3.53. The molecule has 6 nitrogen and oxygen atoms in total. The lowest BCUT2D eigenvalue weighted by Gasteiger charge is -2.25. The van der Waals surface area contributed by atoms with Gasteiger partial charge in [0.05, 0.1) is 28.3 Å². The Hall–Kier alpha value is -2.63. The number of H-pyrrole nitrogens is 1. The molecule has 0 bridgehead atoms. The second-order valence-electron chi connectivity index (χ2n) is 5.55. The smallest absolute Gasteiger partial charge is 0.255 e. The highest BCUT2D eigenvalue weighted by Crippen LogP contribution is 2.24. The number of hydrogen-bond donors (Lipinski definition) is 2. The Balaban J connectivity index is 1.96. The van der Waals surface area contributed by atoms with E-state index < -0.39 is 5.54 Å². The lowest BCUT2D eigenvalue weighted by Crippen LogP contribution is -2.42. The number of rotatable bonds is 3. The number of fused-ring (bicyclic) bond motifs is 1. The minimum atomic E-state index is -0.595. The molecule has 2 heterocycles. The fourth-order valence-corrected chi connectivity index (χ4v) is 2.49. The van der Waals surface area contributed by atoms with Crippen LogP contribution in [0.4, 0.5) is 0 Å². The van der Waals surface area contributed by atoms with Crippen molar-refractivity contribution >= 4 is 16.9 Å². The van der Waals surface area contributed by atoms with Gasteiger partial charge in [0.2, 0.25) is 0 Å². The third kappa shape index (κ3) is 2.29. The molecule has 0 aliphatic rings. The molecular formula is C15H17N5O. The normalized spacial score (nSPS) is 11.8. The van der Waals surface area contributed by atoms with Crippen LogP contribution in [-0.2, 0) is 12.6 Å². The van der Waals surface area contributed by atoms with Crippen LogP contribution in [0.3, 0.4) is 0 Å². The zero-order valence-electron chi connectivity index (χ0n) is 12.2. The molecule has 0 unspecified atom stereocenters. The van der Waals surface area contributed by atoms with E-state index in [0.29, 0.717) is 5.56 Å². The van der Waals surface area contributed by atoms with E-state index in [1.807, 2.05) is 49.7 Å². The molecule has 2 aromatic heterocycles. The molecule has 1 aromatic carbocycles. The molecule has 21 heavy (non-hydrogen) atoms. The maximum Gasteiger partial charge on any atom is 0.255 e. The van der Waals surface area contributed by atoms with Gasteiger partial charge in [-0.2, -0.15) is 5.10 Å². The van der Waals surface area contributed by atoms with Crippen molar-refractivity contribution in [2.24, 2.45) is 7.05 Å². The van der Waals surface area contributed by atoms with Crippen LogP contribution in [-0.4, -0.2) is 25.7 Å². The number of aromatic amines is 1. The van der Waals surface area contributed by atoms with E-state index >= 15 is 0 Å². The van der Waals surface area contributed by atoms with Crippen molar-refractivity contribution in [3.8, 4) is 0 Å². The van der Waals surface area contributed by atoms with E-state index in [2.05, 4.69) is 20.5 Å². The molecule has 1 amide bonds. The quantitative estimate of drug-likeness (QED) is 0.771. The standard InChI is InChI=1S/C15H17N5O/c1-15(2,19-13(21)10-8-16-17-9-10)14-18-11-6-4-5-7-12(11)20(14)3/h4-9H,1-3H3,(H,16,17)(H,19,21). The number of carbonyl (C=O) groups excluding carboxylic acids is 1. The Morgan fingerprint density at radius 2 is 2.10 bits per heavy atom. The average molecular weight is 283 g/mol. The van der Waals surface area contributed by atoms with Crippen molar-refractivity contribution in [1.29, 1.82) is 0 Å². The first-order valence-corrected chi connectivity index (χ1v) is 6.72. The van der Waals surface area contributed by atoms with Crippen molar-refractivity contribution in [3.63, 3.8) is 0 Å². The summed E-state index contributed by atoms with van der Waals surface area (Å²) in [6.07, 6.45) is 3.07. The molecule has 0 spiro atoms. The molecule has 2 N–H and O–H groups in total. The second-order valence-corrected chi connectivity index (χ2v) is 5.55. The van der Waals surface area contributed by atoms with Gasteiger partial charge in [0, 0.05) is 13.2 Å². The number of carbonyl (C=O) groups is 1. The molecular weight excluding hydrogens is 266 g/mol. The van der Waals surface area contributed by atoms with Crippen molar-refractivity contribution in [2.75, 3.05) is 0 Å². The zero-order chi connectivity index (χ0) is 15.0. The van der Waals surface area contributed by atoms with E-state index in [1.54, 1.807) is 6.20 Å². The van der Waals surface area contributed by atoms with Gasteiger partial charge in [-0.05, 0) is 26.0 Å². The highest BCUT2D eigenvalue weighted by Gasteiger charge is 2.29. The molecule has 0 saturated heterocycles. The van der Waals surface area contributed by atoms with Gasteiger partial charge in [-0.1, -0.05) is 12.1 Å². The van der Waals surface area contributed by atoms with Crippen molar-refractivity contribution in [2.45, 2.75) is 19.4 Å². The Morgan fingerprint density at radius 1 is 1.33 bits per heavy atom. The SMILES string of the molecule is Cn1c(C(C)(C)NC(=O)c2cn[nH]c2)nc2ccccc21. The summed E-state index contributed by atoms with van der Waals surface area (Å²) in [4.78, 5) is 16.9. The Kier molecular flexibility index (Phi) is 3.01. The van der Waals surface area contributed by atoms with Crippen LogP contribution in [0.25, 0.3) is 11.0 Å². The summed E-state index contributed by atoms with van der Waals surface area (Å²) in [5.41, 5.74) is 1.86. The van der Waals surface area contributed by atoms with Crippen LogP contribution in [0.15, 0.2) is 36.7 Å². The number of hydrogen-bond acceptors (Lipinski definition) is 3. The Morgan fingerprint density at radius 3 is 2.76 bits per heavy atom. The molecule has 6 heteroatoms. The lowest BCUT2D eigenvalue weighted by atomic mass is 10.0. The molecule has 0 fully saturated rings. The van der Waals surface area contributed by atoms with Crippen LogP contribution in [0.2, 0.25) is 0 Å². The zero-order valence-corrected chi connectivity index (χ0v) is 12.2. The first kappa shape index (κ1) is 13.4. The number of benzene rings is 1. The van der Waals surface area contributed by atoms with Gasteiger partial charge < -0.3 is 9.88 Å². The van der Waals surface area contributed by atoms with E-state index in [9.17, 15) is 4.79 Å². The number of amides is 1. The van der Waals surface area contributed by atoms with Crippen molar-refractivity contribution < 1.29 is 4.79 Å². The monoisotopic (exact) mass is 283 g/mol. The summed E-state index contributed by atoms with van der Waals surface area (Å²) in [7, 11) is 1.95. The van der Waals surface area contributed by atoms with Gasteiger partial charge in [0.15, 0.2) is 0 Å². The highest BCUT2D eigenvalue weighted by molar-refractivity contribution is 5.94. The summed E-state index contributed by atoms with van der Waals surface area (Å²) in [6, 6.07) is 7.91. The largest absolute Gasteiger partial charge is 0.340 e. The van der Waals surface area contributed by atoms with Crippen LogP contribution in [0, 0.1) is 0 Å². The first-order chi connectivity index (χ1) is 9.99. The molecule has 108 valence electrons. The lowest BCUT2D eigenvalue weighted by molar-refractivity contribution is 0.0907. The predicted molar refractivity (Wildman–Crippen MR) is 79.8 cm³/mol. The van der Waals surface area contributed by atoms with Gasteiger partial charge in [0.1, 0.15) is 5.82 Å². The second kappa shape index (κ2) is 4.73. The molecule has 3 aromatic rings. The summed E-state index contributed by atoms with van der Waals surface area (Å²) >= 11 is 0. The summed E-state index contributed by atoms with van der Waals surface area (Å²) in [5.74, 6) is 0.626. The summed E-state index contributed by atoms with van der Waals surface area (Å²) < 4.78 is 2.00. The summed E-state index contributed by atoms with van der Waals surface area (Å²) in [5, 5.41) is 9.42. The van der Waals surface area contributed by atoms with E-state index in [-0.39, 0.29) is 5.91 Å². The van der Waals surface area contributed by atoms with Crippen LogP contribution in [0.1, 0.15) is 30.0 Å². The van der Waals surface area contributed by atoms with Crippen LogP contribution >= 0.6 is 0 Å². The Bertz CT molecular complexity index is 786. The highest BCUT2D eigenvalue weighted by atomic mass is 16.1. The molecule has 0 aliphatic heterocycles. The van der Waals surface area contributed by atoms with Gasteiger partial charge >= 0.3 is 0 Å². The van der Waals surface area contributed by atoms with E-state index in [0.717, 1.165) is 16.9 Å². The number of aryl methyl sites for hydroxylation is 1. The maximum atomic E-state index is 12.2. The predicted octanol–water partition coefficient (Wildman–Crippen LogP) is 1.96. The Labute approximate surface area is 122 Å². The van der Waals surface area contributed by atoms with Crippen molar-refractivity contribution in [1.82, 2.24) is 25.1 Å². The molecule has 0 radical (unpaired) electrons. The number of imidazole rings is 1. The minimum absolute atomic E-state index is 0.180. The third-order valence-electron chi connectivity index (χ3n) is 3.53. The van der Waals surface area contributed by atoms with Crippen LogP contribution < -0.4 is 5.32 Å². The molecule has 0 atom stereocenters. The topological polar surface area (TPSA) is 75.6 Å².